The number of aliphatic carboxylic acids is 1. The Hall–Kier alpha value is -1.07. The maximum absolute atomic E-state index is 10.2. The fourth-order valence-corrected chi connectivity index (χ4v) is 1.41. The molecule has 0 atom stereocenters. The normalized spacial score (nSPS) is 10.1. The summed E-state index contributed by atoms with van der Waals surface area (Å²) in [4.78, 5) is 10.2. The van der Waals surface area contributed by atoms with Crippen LogP contribution < -0.4 is 5.32 Å². The molecule has 0 heterocycles. The van der Waals surface area contributed by atoms with Gasteiger partial charge < -0.3 is 15.5 Å². The third-order valence-electron chi connectivity index (χ3n) is 1.66. The van der Waals surface area contributed by atoms with E-state index in [0.717, 1.165) is 0 Å². The molecule has 76 valence electrons. The molecule has 5 heteroatoms. The fraction of sp³-hybridized carbons (Fsp3) is 0.222. The summed E-state index contributed by atoms with van der Waals surface area (Å²) in [5.41, 5.74) is 0.667. The van der Waals surface area contributed by atoms with E-state index in [2.05, 4.69) is 21.2 Å². The number of carbonyl (C=O) groups is 1. The van der Waals surface area contributed by atoms with Crippen LogP contribution in [0.1, 0.15) is 5.56 Å². The second-order valence-corrected chi connectivity index (χ2v) is 3.60. The first-order valence-corrected chi connectivity index (χ1v) is 4.79. The van der Waals surface area contributed by atoms with Crippen LogP contribution in [0.15, 0.2) is 22.7 Å². The molecule has 1 aromatic rings. The van der Waals surface area contributed by atoms with Crippen molar-refractivity contribution in [1.29, 1.82) is 0 Å². The number of phenolic OH excluding ortho intramolecular Hbond substituents is 1. The van der Waals surface area contributed by atoms with E-state index in [4.69, 9.17) is 5.11 Å². The standard InChI is InChI=1S/C9H10BrNO3/c10-7-3-1-2-6(9(7)14)4-11-5-8(12)13/h1-3,11,14H,4-5H2,(H,12,13). The molecule has 0 aliphatic carbocycles. The van der Waals surface area contributed by atoms with Gasteiger partial charge in [-0.15, -0.1) is 0 Å². The second kappa shape index (κ2) is 4.97. The Morgan fingerprint density at radius 3 is 2.86 bits per heavy atom. The van der Waals surface area contributed by atoms with Crippen LogP contribution in [0.3, 0.4) is 0 Å². The number of carboxylic acid groups (broad SMARTS) is 1. The predicted octanol–water partition coefficient (Wildman–Crippen LogP) is 1.33. The lowest BCUT2D eigenvalue weighted by molar-refractivity contribution is -0.136. The van der Waals surface area contributed by atoms with Crippen molar-refractivity contribution in [2.75, 3.05) is 6.54 Å². The van der Waals surface area contributed by atoms with Gasteiger partial charge in [-0.05, 0) is 22.0 Å². The van der Waals surface area contributed by atoms with Gasteiger partial charge in [0.05, 0.1) is 11.0 Å². The van der Waals surface area contributed by atoms with Gasteiger partial charge in [-0.25, -0.2) is 0 Å². The maximum atomic E-state index is 10.2. The van der Waals surface area contributed by atoms with Crippen LogP contribution in [0.5, 0.6) is 5.75 Å². The van der Waals surface area contributed by atoms with Gasteiger partial charge in [-0.1, -0.05) is 12.1 Å². The summed E-state index contributed by atoms with van der Waals surface area (Å²) in [6.45, 7) is 0.212. The van der Waals surface area contributed by atoms with Crippen molar-refractivity contribution in [3.63, 3.8) is 0 Å². The quantitative estimate of drug-likeness (QED) is 0.763. The van der Waals surface area contributed by atoms with Gasteiger partial charge in [-0.2, -0.15) is 0 Å². The second-order valence-electron chi connectivity index (χ2n) is 2.74. The van der Waals surface area contributed by atoms with Crippen molar-refractivity contribution in [2.24, 2.45) is 0 Å². The first-order valence-electron chi connectivity index (χ1n) is 4.00. The number of hydrogen-bond acceptors (Lipinski definition) is 3. The number of benzene rings is 1. The number of hydrogen-bond donors (Lipinski definition) is 3. The minimum atomic E-state index is -0.917. The Kier molecular flexibility index (Phi) is 3.91. The number of carboxylic acids is 1. The van der Waals surface area contributed by atoms with E-state index in [0.29, 0.717) is 16.6 Å². The van der Waals surface area contributed by atoms with Gasteiger partial charge in [0.25, 0.3) is 0 Å². The summed E-state index contributed by atoms with van der Waals surface area (Å²) >= 11 is 3.17. The van der Waals surface area contributed by atoms with Crippen LogP contribution in [-0.4, -0.2) is 22.7 Å². The zero-order valence-corrected chi connectivity index (χ0v) is 8.91. The first-order chi connectivity index (χ1) is 6.61. The van der Waals surface area contributed by atoms with Gasteiger partial charge in [0.2, 0.25) is 0 Å². The summed E-state index contributed by atoms with van der Waals surface area (Å²) in [5, 5.41) is 20.6. The van der Waals surface area contributed by atoms with E-state index in [-0.39, 0.29) is 12.3 Å². The highest BCUT2D eigenvalue weighted by Gasteiger charge is 2.04. The molecule has 0 unspecified atom stereocenters. The summed E-state index contributed by atoms with van der Waals surface area (Å²) in [6.07, 6.45) is 0. The lowest BCUT2D eigenvalue weighted by Crippen LogP contribution is -2.21. The molecule has 0 spiro atoms. The van der Waals surface area contributed by atoms with Crippen molar-refractivity contribution >= 4 is 21.9 Å². The molecule has 1 aromatic carbocycles. The average Bonchev–Trinajstić information content (AvgIpc) is 2.12. The molecule has 0 saturated carbocycles. The van der Waals surface area contributed by atoms with Gasteiger partial charge >= 0.3 is 5.97 Å². The fourth-order valence-electron chi connectivity index (χ4n) is 1.01. The highest BCUT2D eigenvalue weighted by atomic mass is 79.9. The van der Waals surface area contributed by atoms with E-state index in [9.17, 15) is 9.90 Å². The molecule has 0 amide bonds. The lowest BCUT2D eigenvalue weighted by atomic mass is 10.2. The molecule has 0 saturated heterocycles. The Balaban J connectivity index is 2.59. The lowest BCUT2D eigenvalue weighted by Gasteiger charge is -2.05. The Morgan fingerprint density at radius 1 is 1.50 bits per heavy atom. The molecular weight excluding hydrogens is 250 g/mol. The van der Waals surface area contributed by atoms with Crippen molar-refractivity contribution in [3.8, 4) is 5.75 Å². The zero-order chi connectivity index (χ0) is 10.6. The first kappa shape index (κ1) is 11.0. The molecule has 0 radical (unpaired) electrons. The summed E-state index contributed by atoms with van der Waals surface area (Å²) in [6, 6.07) is 5.23. The summed E-state index contributed by atoms with van der Waals surface area (Å²) in [7, 11) is 0. The van der Waals surface area contributed by atoms with Gasteiger partial charge in [0.15, 0.2) is 0 Å². The van der Waals surface area contributed by atoms with E-state index >= 15 is 0 Å². The number of rotatable bonds is 4. The molecule has 0 aromatic heterocycles. The molecular formula is C9H10BrNO3. The van der Waals surface area contributed by atoms with Crippen LogP contribution in [0.4, 0.5) is 0 Å². The average molecular weight is 260 g/mol. The highest BCUT2D eigenvalue weighted by Crippen LogP contribution is 2.26. The van der Waals surface area contributed by atoms with Crippen molar-refractivity contribution < 1.29 is 15.0 Å². The van der Waals surface area contributed by atoms with E-state index in [1.54, 1.807) is 18.2 Å². The van der Waals surface area contributed by atoms with Crippen LogP contribution in [0, 0.1) is 0 Å². The largest absolute Gasteiger partial charge is 0.506 e. The smallest absolute Gasteiger partial charge is 0.317 e. The number of phenols is 1. The monoisotopic (exact) mass is 259 g/mol. The van der Waals surface area contributed by atoms with Crippen LogP contribution >= 0.6 is 15.9 Å². The van der Waals surface area contributed by atoms with Crippen LogP contribution in [0.25, 0.3) is 0 Å². The van der Waals surface area contributed by atoms with Gasteiger partial charge in [0.1, 0.15) is 5.75 Å². The van der Waals surface area contributed by atoms with E-state index in [1.165, 1.54) is 0 Å². The molecule has 0 aliphatic rings. The maximum Gasteiger partial charge on any atom is 0.317 e. The van der Waals surface area contributed by atoms with E-state index in [1.807, 2.05) is 0 Å². The predicted molar refractivity (Wildman–Crippen MR) is 55.1 cm³/mol. The Labute approximate surface area is 89.7 Å². The van der Waals surface area contributed by atoms with Crippen LogP contribution in [-0.2, 0) is 11.3 Å². The summed E-state index contributed by atoms with van der Waals surface area (Å²) in [5.74, 6) is -0.773. The molecule has 4 nitrogen and oxygen atoms in total. The molecule has 1 rings (SSSR count). The molecule has 14 heavy (non-hydrogen) atoms. The third kappa shape index (κ3) is 3.01. The minimum Gasteiger partial charge on any atom is -0.506 e. The Morgan fingerprint density at radius 2 is 2.21 bits per heavy atom. The van der Waals surface area contributed by atoms with Crippen molar-refractivity contribution in [3.05, 3.63) is 28.2 Å². The van der Waals surface area contributed by atoms with E-state index < -0.39 is 5.97 Å². The number of nitrogens with one attached hydrogen (secondary N) is 1. The highest BCUT2D eigenvalue weighted by molar-refractivity contribution is 9.10. The topological polar surface area (TPSA) is 69.6 Å². The molecule has 0 aliphatic heterocycles. The molecule has 3 N–H and O–H groups in total. The zero-order valence-electron chi connectivity index (χ0n) is 7.33. The number of halogens is 1. The van der Waals surface area contributed by atoms with Gasteiger partial charge in [-0.3, -0.25) is 4.79 Å². The van der Waals surface area contributed by atoms with Crippen molar-refractivity contribution in [2.45, 2.75) is 6.54 Å². The Bertz CT molecular complexity index is 341. The van der Waals surface area contributed by atoms with Crippen molar-refractivity contribution in [1.82, 2.24) is 5.32 Å². The summed E-state index contributed by atoms with van der Waals surface area (Å²) < 4.78 is 0.604. The van der Waals surface area contributed by atoms with Crippen LogP contribution in [0.2, 0.25) is 0 Å². The third-order valence-corrected chi connectivity index (χ3v) is 2.30. The van der Waals surface area contributed by atoms with Gasteiger partial charge in [0, 0.05) is 12.1 Å². The SMILES string of the molecule is O=C(O)CNCc1cccc(Br)c1O. The molecule has 0 fully saturated rings. The number of para-hydroxylation sites is 1. The molecule has 0 bridgehead atoms. The minimum absolute atomic E-state index is 0.119. The number of aromatic hydroxyl groups is 1.